The Morgan fingerprint density at radius 3 is 0.773 bits per heavy atom. The van der Waals surface area contributed by atoms with Gasteiger partial charge in [-0.1, -0.05) is 292 Å². The van der Waals surface area contributed by atoms with Gasteiger partial charge in [-0.05, 0) is 43.4 Å². The summed E-state index contributed by atoms with van der Waals surface area (Å²) in [6.45, 7) is 11.8. The van der Waals surface area contributed by atoms with Gasteiger partial charge in [-0.3, -0.25) is 37.3 Å². The van der Waals surface area contributed by atoms with Crippen LogP contribution in [0.1, 0.15) is 344 Å². The van der Waals surface area contributed by atoms with Crippen LogP contribution in [0.2, 0.25) is 0 Å². The van der Waals surface area contributed by atoms with Crippen LogP contribution in [0, 0.1) is 17.8 Å². The minimum Gasteiger partial charge on any atom is -0.462 e. The number of ether oxygens (including phenoxy) is 4. The first-order chi connectivity index (χ1) is 42.2. The van der Waals surface area contributed by atoms with E-state index in [1.807, 2.05) is 0 Å². The average molecular weight is 1300 g/mol. The molecule has 0 saturated carbocycles. The lowest BCUT2D eigenvalue weighted by Crippen LogP contribution is -2.30. The molecule has 17 nitrogen and oxygen atoms in total. The van der Waals surface area contributed by atoms with E-state index in [0.717, 1.165) is 108 Å². The van der Waals surface area contributed by atoms with E-state index in [4.69, 9.17) is 37.0 Å². The highest BCUT2D eigenvalue weighted by Crippen LogP contribution is 2.45. The molecule has 522 valence electrons. The summed E-state index contributed by atoms with van der Waals surface area (Å²) in [5, 5.41) is 10.6. The Kier molecular flexibility index (Phi) is 58.7. The fraction of sp³-hybridized carbons (Fsp3) is 0.942. The van der Waals surface area contributed by atoms with Crippen molar-refractivity contribution in [3.8, 4) is 0 Å². The number of esters is 4. The SMILES string of the molecule is CCCCCCCCCCCCCC(=O)OC[C@H](COP(=O)(O)OC[C@H](O)COP(=O)(O)OC[C@@H](COC(=O)CCCCCCCCCCCC(C)C)OC(=O)CCCCCCCCCCCCCC(C)C)OC(=O)CCCCCCCCCCC(C)C. The van der Waals surface area contributed by atoms with E-state index < -0.39 is 97.5 Å². The van der Waals surface area contributed by atoms with Gasteiger partial charge in [0, 0.05) is 25.7 Å². The predicted octanol–water partition coefficient (Wildman–Crippen LogP) is 19.5. The summed E-state index contributed by atoms with van der Waals surface area (Å²) in [7, 11) is -9.90. The van der Waals surface area contributed by atoms with Crippen LogP contribution in [-0.4, -0.2) is 96.7 Å². The molecule has 0 aromatic rings. The summed E-state index contributed by atoms with van der Waals surface area (Å²) in [6, 6.07) is 0. The molecular formula is C69H134O17P2. The van der Waals surface area contributed by atoms with Crippen molar-refractivity contribution in [2.75, 3.05) is 39.6 Å². The van der Waals surface area contributed by atoms with Gasteiger partial charge >= 0.3 is 39.5 Å². The molecule has 0 amide bonds. The fourth-order valence-electron chi connectivity index (χ4n) is 10.4. The molecule has 0 aliphatic carbocycles. The van der Waals surface area contributed by atoms with E-state index in [9.17, 15) is 43.2 Å². The van der Waals surface area contributed by atoms with Gasteiger partial charge in [0.25, 0.3) is 0 Å². The zero-order valence-corrected chi connectivity index (χ0v) is 59.0. The fourth-order valence-corrected chi connectivity index (χ4v) is 11.9. The maximum absolute atomic E-state index is 13.0. The number of aliphatic hydroxyl groups excluding tert-OH is 1. The van der Waals surface area contributed by atoms with Gasteiger partial charge in [-0.2, -0.15) is 0 Å². The topological polar surface area (TPSA) is 237 Å². The van der Waals surface area contributed by atoms with Gasteiger partial charge in [0.05, 0.1) is 26.4 Å². The van der Waals surface area contributed by atoms with Gasteiger partial charge in [0.15, 0.2) is 12.2 Å². The van der Waals surface area contributed by atoms with Crippen LogP contribution in [0.5, 0.6) is 0 Å². The van der Waals surface area contributed by atoms with Crippen molar-refractivity contribution in [1.82, 2.24) is 0 Å². The van der Waals surface area contributed by atoms with E-state index in [-0.39, 0.29) is 25.7 Å². The quantitative estimate of drug-likeness (QED) is 0.0222. The Morgan fingerprint density at radius 1 is 0.307 bits per heavy atom. The molecular weight excluding hydrogens is 1160 g/mol. The van der Waals surface area contributed by atoms with Crippen LogP contribution in [-0.2, 0) is 65.4 Å². The second-order valence-electron chi connectivity index (χ2n) is 26.3. The van der Waals surface area contributed by atoms with Crippen LogP contribution in [0.4, 0.5) is 0 Å². The number of hydrogen-bond donors (Lipinski definition) is 3. The normalized spacial score (nSPS) is 14.2. The Morgan fingerprint density at radius 2 is 0.523 bits per heavy atom. The molecule has 0 spiro atoms. The van der Waals surface area contributed by atoms with E-state index in [1.165, 1.54) is 154 Å². The second kappa shape index (κ2) is 60.0. The summed E-state index contributed by atoms with van der Waals surface area (Å²) in [5.41, 5.74) is 0. The number of phosphoric acid groups is 2. The summed E-state index contributed by atoms with van der Waals surface area (Å²) in [5.74, 6) is 0.0989. The maximum Gasteiger partial charge on any atom is 0.472 e. The Balaban J connectivity index is 5.26. The summed E-state index contributed by atoms with van der Waals surface area (Å²) in [4.78, 5) is 72.5. The number of carbonyl (C=O) groups excluding carboxylic acids is 4. The van der Waals surface area contributed by atoms with Crippen LogP contribution >= 0.6 is 15.6 Å². The van der Waals surface area contributed by atoms with E-state index in [2.05, 4.69) is 48.5 Å². The standard InChI is InChI=1S/C69H134O17P2/c1-8-9-10-11-12-13-15-21-29-36-43-50-66(71)79-57-65(86-69(74)53-46-39-32-25-24-28-35-42-49-62(6)7)59-84-88(77,78)82-55-63(70)54-81-87(75,76)83-58-64(56-80-67(72)51-44-37-30-23-18-20-27-34-41-48-61(4)5)85-68(73)52-45-38-31-22-17-14-16-19-26-33-40-47-60(2)3/h60-65,70H,8-59H2,1-7H3,(H,75,76)(H,77,78)/t63-,64-,65-/m1/s1. The lowest BCUT2D eigenvalue weighted by molar-refractivity contribution is -0.161. The Labute approximate surface area is 537 Å². The van der Waals surface area contributed by atoms with Crippen molar-refractivity contribution >= 4 is 39.5 Å². The molecule has 0 radical (unpaired) electrons. The number of phosphoric ester groups is 2. The van der Waals surface area contributed by atoms with Crippen LogP contribution in [0.25, 0.3) is 0 Å². The second-order valence-corrected chi connectivity index (χ2v) is 29.3. The third kappa shape index (κ3) is 62.8. The highest BCUT2D eigenvalue weighted by molar-refractivity contribution is 7.47. The zero-order chi connectivity index (χ0) is 65.2. The van der Waals surface area contributed by atoms with Gasteiger partial charge in [0.1, 0.15) is 19.3 Å². The zero-order valence-electron chi connectivity index (χ0n) is 57.2. The lowest BCUT2D eigenvalue weighted by Gasteiger charge is -2.21. The number of carbonyl (C=O) groups is 4. The third-order valence-electron chi connectivity index (χ3n) is 15.9. The third-order valence-corrected chi connectivity index (χ3v) is 17.8. The summed E-state index contributed by atoms with van der Waals surface area (Å²) < 4.78 is 68.2. The smallest absolute Gasteiger partial charge is 0.462 e. The average Bonchev–Trinajstić information content (AvgIpc) is 3.57. The molecule has 0 aromatic carbocycles. The molecule has 88 heavy (non-hydrogen) atoms. The molecule has 0 aliphatic heterocycles. The van der Waals surface area contributed by atoms with Crippen molar-refractivity contribution in [1.29, 1.82) is 0 Å². The number of hydrogen-bond acceptors (Lipinski definition) is 15. The number of rotatable bonds is 67. The molecule has 19 heteroatoms. The summed E-state index contributed by atoms with van der Waals surface area (Å²) in [6.07, 6.45) is 43.0. The number of aliphatic hydroxyl groups is 1. The van der Waals surface area contributed by atoms with E-state index in [0.29, 0.717) is 25.7 Å². The van der Waals surface area contributed by atoms with E-state index in [1.54, 1.807) is 0 Å². The highest BCUT2D eigenvalue weighted by Gasteiger charge is 2.30. The molecule has 0 heterocycles. The van der Waals surface area contributed by atoms with Gasteiger partial charge in [-0.25, -0.2) is 9.13 Å². The predicted molar refractivity (Wildman–Crippen MR) is 354 cm³/mol. The van der Waals surface area contributed by atoms with Crippen LogP contribution in [0.3, 0.4) is 0 Å². The van der Waals surface area contributed by atoms with Gasteiger partial charge in [-0.15, -0.1) is 0 Å². The Bertz CT molecular complexity index is 1730. The first kappa shape index (κ1) is 86.1. The minimum atomic E-state index is -4.95. The lowest BCUT2D eigenvalue weighted by atomic mass is 10.0. The first-order valence-electron chi connectivity index (χ1n) is 35.8. The molecule has 0 aromatic heterocycles. The van der Waals surface area contributed by atoms with Crippen molar-refractivity contribution < 1.29 is 80.2 Å². The van der Waals surface area contributed by atoms with Crippen LogP contribution < -0.4 is 0 Å². The molecule has 0 fully saturated rings. The van der Waals surface area contributed by atoms with Crippen molar-refractivity contribution in [2.45, 2.75) is 362 Å². The maximum atomic E-state index is 13.0. The van der Waals surface area contributed by atoms with Gasteiger partial charge < -0.3 is 33.8 Å². The Hall–Kier alpha value is -1.94. The van der Waals surface area contributed by atoms with Crippen molar-refractivity contribution in [3.63, 3.8) is 0 Å². The molecule has 0 saturated heterocycles. The monoisotopic (exact) mass is 1300 g/mol. The van der Waals surface area contributed by atoms with E-state index >= 15 is 0 Å². The molecule has 0 bridgehead atoms. The molecule has 0 aliphatic rings. The molecule has 3 N–H and O–H groups in total. The molecule has 5 atom stereocenters. The molecule has 2 unspecified atom stereocenters. The van der Waals surface area contributed by atoms with Crippen molar-refractivity contribution in [2.24, 2.45) is 17.8 Å². The van der Waals surface area contributed by atoms with Crippen molar-refractivity contribution in [3.05, 3.63) is 0 Å². The highest BCUT2D eigenvalue weighted by atomic mass is 31.2. The molecule has 0 rings (SSSR count). The summed E-state index contributed by atoms with van der Waals surface area (Å²) >= 11 is 0. The van der Waals surface area contributed by atoms with Crippen LogP contribution in [0.15, 0.2) is 0 Å². The number of unbranched alkanes of at least 4 members (excludes halogenated alkanes) is 35. The van der Waals surface area contributed by atoms with Gasteiger partial charge in [0.2, 0.25) is 0 Å². The minimum absolute atomic E-state index is 0.104. The first-order valence-corrected chi connectivity index (χ1v) is 38.8. The largest absolute Gasteiger partial charge is 0.472 e.